The van der Waals surface area contributed by atoms with Crippen molar-refractivity contribution < 1.29 is 14.3 Å². The molecule has 0 spiro atoms. The summed E-state index contributed by atoms with van der Waals surface area (Å²) in [5, 5.41) is 1.70. The zero-order valence-electron chi connectivity index (χ0n) is 10.5. The average molecular weight is 250 g/mol. The van der Waals surface area contributed by atoms with Crippen LogP contribution in [0.15, 0.2) is 24.3 Å². The molecule has 1 aliphatic rings. The molecule has 2 N–H and O–H groups in total. The van der Waals surface area contributed by atoms with Crippen molar-refractivity contribution in [1.29, 1.82) is 0 Å². The van der Waals surface area contributed by atoms with E-state index in [9.17, 15) is 4.79 Å². The van der Waals surface area contributed by atoms with Gasteiger partial charge in [0.15, 0.2) is 0 Å². The molecule has 0 aromatic heterocycles. The Bertz CT molecular complexity index is 422. The van der Waals surface area contributed by atoms with E-state index in [2.05, 4.69) is 4.74 Å². The number of nitrogens with two attached hydrogens (primary N) is 1. The lowest BCUT2D eigenvalue weighted by Gasteiger charge is -2.33. The SMILES string of the molecule is COC(=O)CCCC1CN(N)c2ccccc2O1. The van der Waals surface area contributed by atoms with Gasteiger partial charge in [0.2, 0.25) is 0 Å². The van der Waals surface area contributed by atoms with E-state index >= 15 is 0 Å². The second-order valence-electron chi connectivity index (χ2n) is 4.33. The number of para-hydroxylation sites is 2. The number of hydrazine groups is 1. The Morgan fingerprint density at radius 2 is 2.33 bits per heavy atom. The van der Waals surface area contributed by atoms with Crippen LogP contribution >= 0.6 is 0 Å². The number of hydrogen-bond acceptors (Lipinski definition) is 5. The molecule has 0 saturated carbocycles. The first-order valence-electron chi connectivity index (χ1n) is 6.05. The summed E-state index contributed by atoms with van der Waals surface area (Å²) in [6.07, 6.45) is 1.97. The number of ether oxygens (including phenoxy) is 2. The number of rotatable bonds is 4. The smallest absolute Gasteiger partial charge is 0.305 e. The van der Waals surface area contributed by atoms with Crippen molar-refractivity contribution in [3.05, 3.63) is 24.3 Å². The summed E-state index contributed by atoms with van der Waals surface area (Å²) in [5.41, 5.74) is 0.904. The quantitative estimate of drug-likeness (QED) is 0.647. The highest BCUT2D eigenvalue weighted by atomic mass is 16.5. The van der Waals surface area contributed by atoms with E-state index in [0.29, 0.717) is 13.0 Å². The summed E-state index contributed by atoms with van der Waals surface area (Å²) in [7, 11) is 1.40. The van der Waals surface area contributed by atoms with Gasteiger partial charge >= 0.3 is 5.97 Å². The molecule has 0 saturated heterocycles. The van der Waals surface area contributed by atoms with Gasteiger partial charge in [0.05, 0.1) is 19.3 Å². The monoisotopic (exact) mass is 250 g/mol. The number of benzene rings is 1. The zero-order chi connectivity index (χ0) is 13.0. The molecule has 0 amide bonds. The Kier molecular flexibility index (Phi) is 4.04. The van der Waals surface area contributed by atoms with Gasteiger partial charge in [0, 0.05) is 6.42 Å². The first-order valence-corrected chi connectivity index (χ1v) is 6.05. The Morgan fingerprint density at radius 1 is 1.56 bits per heavy atom. The van der Waals surface area contributed by atoms with Gasteiger partial charge in [-0.1, -0.05) is 12.1 Å². The highest BCUT2D eigenvalue weighted by Crippen LogP contribution is 2.31. The van der Waals surface area contributed by atoms with Gasteiger partial charge in [-0.15, -0.1) is 0 Å². The molecule has 1 unspecified atom stereocenters. The lowest BCUT2D eigenvalue weighted by atomic mass is 10.1. The number of methoxy groups -OCH3 is 1. The Morgan fingerprint density at radius 3 is 3.11 bits per heavy atom. The average Bonchev–Trinajstić information content (AvgIpc) is 2.38. The summed E-state index contributed by atoms with van der Waals surface area (Å²) < 4.78 is 10.4. The maximum absolute atomic E-state index is 11.0. The Balaban J connectivity index is 1.89. The van der Waals surface area contributed by atoms with Crippen LogP contribution in [0.2, 0.25) is 0 Å². The van der Waals surface area contributed by atoms with E-state index in [-0.39, 0.29) is 12.1 Å². The number of nitrogens with zero attached hydrogens (tertiary/aromatic N) is 1. The van der Waals surface area contributed by atoms with E-state index in [1.807, 2.05) is 24.3 Å². The van der Waals surface area contributed by atoms with Gasteiger partial charge in [-0.3, -0.25) is 4.79 Å². The molecule has 1 heterocycles. The third-order valence-corrected chi connectivity index (χ3v) is 3.00. The molecule has 1 aromatic rings. The van der Waals surface area contributed by atoms with Crippen LogP contribution in [0.5, 0.6) is 5.75 Å². The lowest BCUT2D eigenvalue weighted by molar-refractivity contribution is -0.140. The highest BCUT2D eigenvalue weighted by molar-refractivity contribution is 5.69. The van der Waals surface area contributed by atoms with Crippen LogP contribution < -0.4 is 15.6 Å². The summed E-state index contributed by atoms with van der Waals surface area (Å²) in [4.78, 5) is 11.0. The molecular weight excluding hydrogens is 232 g/mol. The van der Waals surface area contributed by atoms with Crippen molar-refractivity contribution in [3.63, 3.8) is 0 Å². The van der Waals surface area contributed by atoms with E-state index in [0.717, 1.165) is 24.3 Å². The van der Waals surface area contributed by atoms with Gasteiger partial charge in [0.1, 0.15) is 11.9 Å². The maximum Gasteiger partial charge on any atom is 0.305 e. The maximum atomic E-state index is 11.0. The first kappa shape index (κ1) is 12.7. The van der Waals surface area contributed by atoms with Crippen molar-refractivity contribution in [2.24, 2.45) is 5.84 Å². The Labute approximate surface area is 106 Å². The van der Waals surface area contributed by atoms with Crippen LogP contribution in [0.1, 0.15) is 19.3 Å². The molecule has 0 bridgehead atoms. The molecule has 1 aromatic carbocycles. The second kappa shape index (κ2) is 5.73. The van der Waals surface area contributed by atoms with Crippen LogP contribution in [0.4, 0.5) is 5.69 Å². The molecule has 1 atom stereocenters. The third-order valence-electron chi connectivity index (χ3n) is 3.00. The summed E-state index contributed by atoms with van der Waals surface area (Å²) in [6.45, 7) is 0.637. The van der Waals surface area contributed by atoms with Gasteiger partial charge < -0.3 is 14.5 Å². The predicted octanol–water partition coefficient (Wildman–Crippen LogP) is 1.47. The van der Waals surface area contributed by atoms with Gasteiger partial charge in [-0.2, -0.15) is 0 Å². The second-order valence-corrected chi connectivity index (χ2v) is 4.33. The molecule has 0 radical (unpaired) electrons. The third kappa shape index (κ3) is 2.92. The molecule has 5 nitrogen and oxygen atoms in total. The minimum absolute atomic E-state index is 0.0227. The minimum Gasteiger partial charge on any atom is -0.486 e. The molecule has 5 heteroatoms. The van der Waals surface area contributed by atoms with Crippen molar-refractivity contribution in [2.45, 2.75) is 25.4 Å². The molecule has 2 rings (SSSR count). The Hall–Kier alpha value is -1.75. The lowest BCUT2D eigenvalue weighted by Crippen LogP contribution is -2.44. The summed E-state index contributed by atoms with van der Waals surface area (Å²) in [5.74, 6) is 6.57. The number of anilines is 1. The van der Waals surface area contributed by atoms with Gasteiger partial charge in [0.25, 0.3) is 0 Å². The fraction of sp³-hybridized carbons (Fsp3) is 0.462. The van der Waals surface area contributed by atoms with Crippen LogP contribution in [0, 0.1) is 0 Å². The van der Waals surface area contributed by atoms with Crippen molar-refractivity contribution in [1.82, 2.24) is 0 Å². The van der Waals surface area contributed by atoms with Gasteiger partial charge in [-0.05, 0) is 25.0 Å². The molecule has 0 aliphatic carbocycles. The number of hydrogen-bond donors (Lipinski definition) is 1. The topological polar surface area (TPSA) is 64.8 Å². The normalized spacial score (nSPS) is 17.9. The molecule has 0 fully saturated rings. The minimum atomic E-state index is -0.184. The first-order chi connectivity index (χ1) is 8.70. The molecule has 98 valence electrons. The molecule has 1 aliphatic heterocycles. The van der Waals surface area contributed by atoms with Crippen LogP contribution in [0.3, 0.4) is 0 Å². The summed E-state index contributed by atoms with van der Waals surface area (Å²) >= 11 is 0. The van der Waals surface area contributed by atoms with E-state index < -0.39 is 0 Å². The van der Waals surface area contributed by atoms with Crippen LogP contribution in [-0.4, -0.2) is 25.7 Å². The van der Waals surface area contributed by atoms with Crippen molar-refractivity contribution in [2.75, 3.05) is 18.7 Å². The van der Waals surface area contributed by atoms with E-state index in [1.54, 1.807) is 5.01 Å². The summed E-state index contributed by atoms with van der Waals surface area (Å²) in [6, 6.07) is 7.69. The number of carbonyl (C=O) groups excluding carboxylic acids is 1. The zero-order valence-corrected chi connectivity index (χ0v) is 10.5. The highest BCUT2D eigenvalue weighted by Gasteiger charge is 2.23. The van der Waals surface area contributed by atoms with Gasteiger partial charge in [-0.25, -0.2) is 5.84 Å². The van der Waals surface area contributed by atoms with Crippen molar-refractivity contribution >= 4 is 11.7 Å². The number of carbonyl (C=O) groups is 1. The molecule has 18 heavy (non-hydrogen) atoms. The van der Waals surface area contributed by atoms with E-state index in [1.165, 1.54) is 7.11 Å². The number of esters is 1. The predicted molar refractivity (Wildman–Crippen MR) is 68.3 cm³/mol. The largest absolute Gasteiger partial charge is 0.486 e. The van der Waals surface area contributed by atoms with E-state index in [4.69, 9.17) is 10.6 Å². The fourth-order valence-corrected chi connectivity index (χ4v) is 2.06. The standard InChI is InChI=1S/C13H18N2O3/c1-17-13(16)8-4-5-10-9-15(14)11-6-2-3-7-12(11)18-10/h2-3,6-7,10H,4-5,8-9,14H2,1H3. The molecular formula is C13H18N2O3. The number of fused-ring (bicyclic) bond motifs is 1. The van der Waals surface area contributed by atoms with Crippen molar-refractivity contribution in [3.8, 4) is 5.75 Å². The van der Waals surface area contributed by atoms with Crippen LogP contribution in [0.25, 0.3) is 0 Å². The van der Waals surface area contributed by atoms with Crippen LogP contribution in [-0.2, 0) is 9.53 Å². The fourth-order valence-electron chi connectivity index (χ4n) is 2.06.